The first-order valence-corrected chi connectivity index (χ1v) is 15.6. The molecular weight excluding hydrogens is 500 g/mol. The highest BCUT2D eigenvalue weighted by atomic mass is 32.2. The van der Waals surface area contributed by atoms with Crippen molar-refractivity contribution in [3.63, 3.8) is 0 Å². The molecule has 0 atom stereocenters. The molecule has 0 spiro atoms. The Hall–Kier alpha value is -2.53. The third kappa shape index (κ3) is 6.23. The highest BCUT2D eigenvalue weighted by Gasteiger charge is 2.26. The van der Waals surface area contributed by atoms with Gasteiger partial charge in [0.15, 0.2) is 15.6 Å². The third-order valence-corrected chi connectivity index (χ3v) is 9.22. The normalized spacial score (nSPS) is 17.6. The minimum atomic E-state index is -3.52. The number of sulfonamides is 1. The van der Waals surface area contributed by atoms with Crippen LogP contribution in [-0.4, -0.2) is 64.0 Å². The summed E-state index contributed by atoms with van der Waals surface area (Å²) in [6, 6.07) is 10.9. The van der Waals surface area contributed by atoms with Gasteiger partial charge in [-0.25, -0.2) is 21.1 Å². The average Bonchev–Trinajstić information content (AvgIpc) is 3.23. The topological polar surface area (TPSA) is 101 Å². The van der Waals surface area contributed by atoms with Gasteiger partial charge in [-0.15, -0.1) is 0 Å². The molecule has 2 aliphatic heterocycles. The minimum Gasteiger partial charge on any atom is -0.492 e. The number of ether oxygens (including phenoxy) is 1. The standard InChI is InChI=1S/C26H32N2O6S2/c1-4-24(29)21-6-7-22-16-27(17-23(22)14-21)15-20-5-8-25(26(13-20)35(2,30)31)34-18-19-9-11-28(12-10-19)36(3,32)33/h4-8,13-14,19H,1,9-12,15-18H2,2-3H3. The highest BCUT2D eigenvalue weighted by Crippen LogP contribution is 2.30. The molecule has 2 aliphatic rings. The SMILES string of the molecule is C=CC(=O)c1ccc2c(c1)CN(Cc1ccc(OCC3CCN(S(C)(=O)=O)CC3)c(S(C)(=O)=O)c1)C2. The Kier molecular flexibility index (Phi) is 7.70. The zero-order valence-electron chi connectivity index (χ0n) is 20.6. The molecule has 0 radical (unpaired) electrons. The predicted octanol–water partition coefficient (Wildman–Crippen LogP) is 3.03. The molecule has 2 heterocycles. The Labute approximate surface area is 213 Å². The summed E-state index contributed by atoms with van der Waals surface area (Å²) in [5, 5.41) is 0. The van der Waals surface area contributed by atoms with Crippen molar-refractivity contribution in [1.29, 1.82) is 0 Å². The zero-order chi connectivity index (χ0) is 26.1. The van der Waals surface area contributed by atoms with Crippen LogP contribution in [-0.2, 0) is 39.5 Å². The molecule has 1 saturated heterocycles. The molecule has 0 aliphatic carbocycles. The maximum atomic E-state index is 12.5. The number of carbonyl (C=O) groups excluding carboxylic acids is 1. The van der Waals surface area contributed by atoms with Crippen molar-refractivity contribution < 1.29 is 26.4 Å². The number of sulfone groups is 1. The van der Waals surface area contributed by atoms with Gasteiger partial charge in [-0.1, -0.05) is 24.8 Å². The lowest BCUT2D eigenvalue weighted by Crippen LogP contribution is -2.39. The van der Waals surface area contributed by atoms with E-state index in [-0.39, 0.29) is 16.6 Å². The number of benzene rings is 2. The van der Waals surface area contributed by atoms with E-state index in [0.717, 1.165) is 23.2 Å². The van der Waals surface area contributed by atoms with E-state index in [1.54, 1.807) is 12.1 Å². The summed E-state index contributed by atoms with van der Waals surface area (Å²) >= 11 is 0. The number of piperidine rings is 1. The molecule has 0 aromatic heterocycles. The summed E-state index contributed by atoms with van der Waals surface area (Å²) < 4.78 is 55.9. The first kappa shape index (κ1) is 26.5. The predicted molar refractivity (Wildman–Crippen MR) is 138 cm³/mol. The summed E-state index contributed by atoms with van der Waals surface area (Å²) in [6.45, 7) is 6.74. The number of fused-ring (bicyclic) bond motifs is 1. The first-order chi connectivity index (χ1) is 16.9. The van der Waals surface area contributed by atoms with Gasteiger partial charge in [-0.3, -0.25) is 9.69 Å². The number of hydrogen-bond acceptors (Lipinski definition) is 7. The van der Waals surface area contributed by atoms with Gasteiger partial charge in [-0.2, -0.15) is 0 Å². The van der Waals surface area contributed by atoms with Crippen LogP contribution in [0.15, 0.2) is 53.9 Å². The summed E-state index contributed by atoms with van der Waals surface area (Å²) in [5.41, 5.74) is 3.72. The van der Waals surface area contributed by atoms with Gasteiger partial charge < -0.3 is 4.74 Å². The van der Waals surface area contributed by atoms with Crippen LogP contribution < -0.4 is 4.74 Å². The van der Waals surface area contributed by atoms with Gasteiger partial charge in [0.2, 0.25) is 10.0 Å². The highest BCUT2D eigenvalue weighted by molar-refractivity contribution is 7.90. The lowest BCUT2D eigenvalue weighted by Gasteiger charge is -2.30. The summed E-state index contributed by atoms with van der Waals surface area (Å²) in [5.74, 6) is 0.380. The van der Waals surface area contributed by atoms with E-state index < -0.39 is 19.9 Å². The van der Waals surface area contributed by atoms with Crippen LogP contribution in [0.25, 0.3) is 0 Å². The number of allylic oxidation sites excluding steroid dienone is 1. The lowest BCUT2D eigenvalue weighted by atomic mass is 9.99. The van der Waals surface area contributed by atoms with Crippen molar-refractivity contribution in [3.8, 4) is 5.75 Å². The van der Waals surface area contributed by atoms with Gasteiger partial charge in [0.25, 0.3) is 0 Å². The molecule has 8 nitrogen and oxygen atoms in total. The summed E-state index contributed by atoms with van der Waals surface area (Å²) in [7, 11) is -6.71. The van der Waals surface area contributed by atoms with Crippen molar-refractivity contribution in [3.05, 3.63) is 71.3 Å². The largest absolute Gasteiger partial charge is 0.492 e. The smallest absolute Gasteiger partial charge is 0.211 e. The van der Waals surface area contributed by atoms with Crippen LogP contribution in [0, 0.1) is 5.92 Å². The molecule has 10 heteroatoms. The molecule has 0 amide bonds. The van der Waals surface area contributed by atoms with Gasteiger partial charge in [-0.05, 0) is 59.7 Å². The van der Waals surface area contributed by atoms with E-state index in [4.69, 9.17) is 4.74 Å². The third-order valence-electron chi connectivity index (χ3n) is 6.79. The Balaban J connectivity index is 1.42. The maximum Gasteiger partial charge on any atom is 0.211 e. The van der Waals surface area contributed by atoms with Crippen LogP contribution in [0.2, 0.25) is 0 Å². The van der Waals surface area contributed by atoms with Gasteiger partial charge in [0.1, 0.15) is 10.6 Å². The fourth-order valence-corrected chi connectivity index (χ4v) is 6.51. The van der Waals surface area contributed by atoms with Crippen molar-refractivity contribution in [1.82, 2.24) is 9.21 Å². The van der Waals surface area contributed by atoms with Crippen molar-refractivity contribution in [2.45, 2.75) is 37.4 Å². The van der Waals surface area contributed by atoms with E-state index in [2.05, 4.69) is 11.5 Å². The first-order valence-electron chi connectivity index (χ1n) is 11.9. The molecule has 0 N–H and O–H groups in total. The average molecular weight is 533 g/mol. The lowest BCUT2D eigenvalue weighted by molar-refractivity contribution is 0.104. The van der Waals surface area contributed by atoms with Crippen molar-refractivity contribution in [2.75, 3.05) is 32.2 Å². The molecule has 194 valence electrons. The van der Waals surface area contributed by atoms with Gasteiger partial charge >= 0.3 is 0 Å². The van der Waals surface area contributed by atoms with Crippen LogP contribution in [0.4, 0.5) is 0 Å². The number of hydrogen-bond donors (Lipinski definition) is 0. The van der Waals surface area contributed by atoms with E-state index in [0.29, 0.717) is 56.9 Å². The maximum absolute atomic E-state index is 12.5. The van der Waals surface area contributed by atoms with E-state index in [1.165, 1.54) is 22.9 Å². The molecule has 0 unspecified atom stereocenters. The number of ketones is 1. The fourth-order valence-electron chi connectivity index (χ4n) is 4.78. The minimum absolute atomic E-state index is 0.106. The monoisotopic (exact) mass is 532 g/mol. The second kappa shape index (κ2) is 10.5. The summed E-state index contributed by atoms with van der Waals surface area (Å²) in [6.07, 6.45) is 5.05. The molecule has 2 aromatic carbocycles. The van der Waals surface area contributed by atoms with Gasteiger partial charge in [0, 0.05) is 44.5 Å². The molecule has 0 bridgehead atoms. The Morgan fingerprint density at radius 1 is 1.03 bits per heavy atom. The number of rotatable bonds is 9. The van der Waals surface area contributed by atoms with Gasteiger partial charge in [0.05, 0.1) is 12.9 Å². The number of nitrogens with zero attached hydrogens (tertiary/aromatic N) is 2. The molecule has 36 heavy (non-hydrogen) atoms. The van der Waals surface area contributed by atoms with Crippen molar-refractivity contribution >= 4 is 25.6 Å². The fraction of sp³-hybridized carbons (Fsp3) is 0.423. The van der Waals surface area contributed by atoms with E-state index in [1.807, 2.05) is 24.3 Å². The summed E-state index contributed by atoms with van der Waals surface area (Å²) in [4.78, 5) is 14.3. The van der Waals surface area contributed by atoms with Crippen LogP contribution >= 0.6 is 0 Å². The van der Waals surface area contributed by atoms with Crippen LogP contribution in [0.1, 0.15) is 39.9 Å². The van der Waals surface area contributed by atoms with Crippen LogP contribution in [0.3, 0.4) is 0 Å². The second-order valence-corrected chi connectivity index (χ2v) is 13.6. The number of carbonyl (C=O) groups is 1. The second-order valence-electron chi connectivity index (χ2n) is 9.67. The molecule has 1 fully saturated rings. The molecule has 4 rings (SSSR count). The Morgan fingerprint density at radius 3 is 2.36 bits per heavy atom. The molecule has 0 saturated carbocycles. The Morgan fingerprint density at radius 2 is 1.72 bits per heavy atom. The van der Waals surface area contributed by atoms with Crippen molar-refractivity contribution in [2.24, 2.45) is 5.92 Å². The van der Waals surface area contributed by atoms with Crippen LogP contribution in [0.5, 0.6) is 5.75 Å². The van der Waals surface area contributed by atoms with E-state index in [9.17, 15) is 21.6 Å². The van der Waals surface area contributed by atoms with E-state index >= 15 is 0 Å². The molecular formula is C26H32N2O6S2. The quantitative estimate of drug-likeness (QED) is 0.361. The molecule has 2 aromatic rings. The Bertz CT molecular complexity index is 1380. The zero-order valence-corrected chi connectivity index (χ0v) is 22.3.